The highest BCUT2D eigenvalue weighted by molar-refractivity contribution is 9.10. The van der Waals surface area contributed by atoms with Crippen LogP contribution in [0, 0.1) is 5.92 Å². The molecule has 2 heterocycles. The van der Waals surface area contributed by atoms with Crippen molar-refractivity contribution >= 4 is 60.2 Å². The molecule has 0 unspecified atom stereocenters. The molecule has 0 radical (unpaired) electrons. The Labute approximate surface area is 198 Å². The fourth-order valence-electron chi connectivity index (χ4n) is 3.77. The monoisotopic (exact) mass is 517 g/mol. The summed E-state index contributed by atoms with van der Waals surface area (Å²) in [6.07, 6.45) is 1.44. The number of carbonyl (C=O) groups excluding carboxylic acids is 2. The van der Waals surface area contributed by atoms with Crippen LogP contribution in [0.3, 0.4) is 0 Å². The van der Waals surface area contributed by atoms with E-state index in [-0.39, 0.29) is 11.8 Å². The number of esters is 1. The minimum Gasteiger partial charge on any atom is -0.493 e. The third-order valence-corrected chi connectivity index (χ3v) is 7.16. The van der Waals surface area contributed by atoms with E-state index >= 15 is 0 Å². The summed E-state index contributed by atoms with van der Waals surface area (Å²) < 4.78 is 12.4. The van der Waals surface area contributed by atoms with Gasteiger partial charge in [0.1, 0.15) is 5.75 Å². The summed E-state index contributed by atoms with van der Waals surface area (Å²) in [6, 6.07) is 10.9. The third kappa shape index (κ3) is 4.73. The number of para-hydroxylation sites is 1. The molecule has 3 aromatic rings. The first kappa shape index (κ1) is 22.5. The number of halogens is 1. The minimum absolute atomic E-state index is 0.0735. The number of amides is 1. The average Bonchev–Trinajstić information content (AvgIpc) is 3.22. The second-order valence-corrected chi connectivity index (χ2v) is 9.33. The van der Waals surface area contributed by atoms with Crippen LogP contribution >= 0.6 is 27.3 Å². The van der Waals surface area contributed by atoms with E-state index in [1.165, 1.54) is 7.11 Å². The third-order valence-electron chi connectivity index (χ3n) is 5.46. The van der Waals surface area contributed by atoms with Gasteiger partial charge in [-0.3, -0.25) is 4.79 Å². The van der Waals surface area contributed by atoms with E-state index in [1.54, 1.807) is 35.6 Å². The Hall–Kier alpha value is -2.65. The van der Waals surface area contributed by atoms with Crippen LogP contribution < -0.4 is 15.0 Å². The van der Waals surface area contributed by atoms with Gasteiger partial charge in [-0.2, -0.15) is 0 Å². The Bertz CT molecular complexity index is 1140. The zero-order chi connectivity index (χ0) is 22.7. The number of anilines is 2. The number of ether oxygens (including phenoxy) is 2. The number of methoxy groups -OCH3 is 1. The number of rotatable bonds is 6. The maximum Gasteiger partial charge on any atom is 0.339 e. The van der Waals surface area contributed by atoms with Gasteiger partial charge in [-0.1, -0.05) is 23.5 Å². The summed E-state index contributed by atoms with van der Waals surface area (Å²) in [7, 11) is 1.33. The normalized spacial score (nSPS) is 14.4. The zero-order valence-corrected chi connectivity index (χ0v) is 20.3. The molecular weight excluding hydrogens is 494 g/mol. The number of piperidine rings is 1. The molecule has 0 aliphatic carbocycles. The van der Waals surface area contributed by atoms with Crippen LogP contribution in [0.4, 0.5) is 10.8 Å². The molecule has 7 nitrogen and oxygen atoms in total. The van der Waals surface area contributed by atoms with Crippen LogP contribution in [0.5, 0.6) is 5.75 Å². The van der Waals surface area contributed by atoms with E-state index in [9.17, 15) is 9.59 Å². The maximum atomic E-state index is 12.8. The molecule has 9 heteroatoms. The summed E-state index contributed by atoms with van der Waals surface area (Å²) >= 11 is 5.18. The van der Waals surface area contributed by atoms with Gasteiger partial charge in [-0.25, -0.2) is 9.78 Å². The van der Waals surface area contributed by atoms with Crippen molar-refractivity contribution in [3.05, 3.63) is 46.4 Å². The van der Waals surface area contributed by atoms with Gasteiger partial charge in [0.2, 0.25) is 5.91 Å². The highest BCUT2D eigenvalue weighted by atomic mass is 79.9. The summed E-state index contributed by atoms with van der Waals surface area (Å²) in [5.74, 6) is 0.157. The Morgan fingerprint density at radius 3 is 2.72 bits per heavy atom. The van der Waals surface area contributed by atoms with Gasteiger partial charge in [0.15, 0.2) is 5.13 Å². The molecule has 0 bridgehead atoms. The molecular formula is C23H24BrN3O4S. The van der Waals surface area contributed by atoms with E-state index < -0.39 is 5.97 Å². The van der Waals surface area contributed by atoms with Gasteiger partial charge in [0.25, 0.3) is 0 Å². The van der Waals surface area contributed by atoms with Crippen LogP contribution in [0.1, 0.15) is 30.1 Å². The van der Waals surface area contributed by atoms with Crippen LogP contribution in [-0.2, 0) is 9.53 Å². The number of nitrogens with one attached hydrogen (secondary N) is 1. The van der Waals surface area contributed by atoms with E-state index in [0.717, 1.165) is 51.5 Å². The van der Waals surface area contributed by atoms with Crippen LogP contribution in [0.25, 0.3) is 10.2 Å². The lowest BCUT2D eigenvalue weighted by molar-refractivity contribution is -0.120. The summed E-state index contributed by atoms with van der Waals surface area (Å²) in [5.41, 5.74) is 1.76. The smallest absolute Gasteiger partial charge is 0.339 e. The maximum absolute atomic E-state index is 12.8. The van der Waals surface area contributed by atoms with Crippen molar-refractivity contribution in [2.24, 2.45) is 5.92 Å². The molecule has 32 heavy (non-hydrogen) atoms. The molecule has 1 N–H and O–H groups in total. The van der Waals surface area contributed by atoms with Gasteiger partial charge in [-0.05, 0) is 53.9 Å². The lowest BCUT2D eigenvalue weighted by atomic mass is 9.96. The number of nitrogens with zero attached hydrogens (tertiary/aromatic N) is 2. The summed E-state index contributed by atoms with van der Waals surface area (Å²) in [6.45, 7) is 4.06. The Morgan fingerprint density at radius 1 is 1.25 bits per heavy atom. The number of hydrogen-bond acceptors (Lipinski definition) is 7. The second kappa shape index (κ2) is 9.87. The Kier molecular flexibility index (Phi) is 6.95. The molecule has 1 aromatic heterocycles. The quantitative estimate of drug-likeness (QED) is 0.458. The number of thiazole rings is 1. The molecule has 168 valence electrons. The van der Waals surface area contributed by atoms with Gasteiger partial charge >= 0.3 is 5.97 Å². The van der Waals surface area contributed by atoms with Crippen molar-refractivity contribution in [1.82, 2.24) is 4.98 Å². The van der Waals surface area contributed by atoms with Gasteiger partial charge in [0.05, 0.1) is 39.7 Å². The van der Waals surface area contributed by atoms with Crippen molar-refractivity contribution in [3.63, 3.8) is 0 Å². The standard InChI is InChI=1S/C23H24BrN3O4S/c1-3-31-19-13-20-18(12-16(19)24)26-23(32-20)27-10-8-14(9-11-27)21(28)25-17-7-5-4-6-15(17)22(29)30-2/h4-7,12-14H,3,8-11H2,1-2H3,(H,25,28). The number of benzene rings is 2. The summed E-state index contributed by atoms with van der Waals surface area (Å²) in [4.78, 5) is 31.8. The average molecular weight is 518 g/mol. The van der Waals surface area contributed by atoms with Crippen molar-refractivity contribution in [3.8, 4) is 5.75 Å². The van der Waals surface area contributed by atoms with Crippen molar-refractivity contribution in [2.75, 3.05) is 37.0 Å². The molecule has 0 saturated carbocycles. The summed E-state index contributed by atoms with van der Waals surface area (Å²) in [5, 5.41) is 3.86. The van der Waals surface area contributed by atoms with Gasteiger partial charge < -0.3 is 19.7 Å². The molecule has 1 fully saturated rings. The van der Waals surface area contributed by atoms with Crippen molar-refractivity contribution < 1.29 is 19.1 Å². The Balaban J connectivity index is 1.41. The number of carbonyl (C=O) groups is 2. The molecule has 1 aliphatic heterocycles. The fourth-order valence-corrected chi connectivity index (χ4v) is 5.24. The molecule has 4 rings (SSSR count). The first-order chi connectivity index (χ1) is 15.5. The molecule has 1 aliphatic rings. The minimum atomic E-state index is -0.467. The fraction of sp³-hybridized carbons (Fsp3) is 0.348. The molecule has 0 spiro atoms. The van der Waals surface area contributed by atoms with E-state index in [1.807, 2.05) is 19.1 Å². The van der Waals surface area contributed by atoms with Crippen molar-refractivity contribution in [2.45, 2.75) is 19.8 Å². The SMILES string of the molecule is CCOc1cc2sc(N3CCC(C(=O)Nc4ccccc4C(=O)OC)CC3)nc2cc1Br. The largest absolute Gasteiger partial charge is 0.493 e. The van der Waals surface area contributed by atoms with Crippen molar-refractivity contribution in [1.29, 1.82) is 0 Å². The van der Waals surface area contributed by atoms with E-state index in [2.05, 4.69) is 26.1 Å². The van der Waals surface area contributed by atoms with E-state index in [0.29, 0.717) is 17.9 Å². The zero-order valence-electron chi connectivity index (χ0n) is 17.9. The molecule has 1 saturated heterocycles. The predicted molar refractivity (Wildman–Crippen MR) is 130 cm³/mol. The van der Waals surface area contributed by atoms with Crippen LogP contribution in [-0.4, -0.2) is 43.7 Å². The van der Waals surface area contributed by atoms with Gasteiger partial charge in [-0.15, -0.1) is 0 Å². The number of hydrogen-bond donors (Lipinski definition) is 1. The lowest BCUT2D eigenvalue weighted by Crippen LogP contribution is -2.38. The van der Waals surface area contributed by atoms with Crippen LogP contribution in [0.2, 0.25) is 0 Å². The highest BCUT2D eigenvalue weighted by Crippen LogP contribution is 2.37. The molecule has 1 amide bonds. The number of aromatic nitrogens is 1. The second-order valence-electron chi connectivity index (χ2n) is 7.47. The highest BCUT2D eigenvalue weighted by Gasteiger charge is 2.27. The predicted octanol–water partition coefficient (Wildman–Crippen LogP) is 5.10. The van der Waals surface area contributed by atoms with Gasteiger partial charge in [0, 0.05) is 25.1 Å². The number of fused-ring (bicyclic) bond motifs is 1. The molecule has 2 aromatic carbocycles. The van der Waals surface area contributed by atoms with Crippen LogP contribution in [0.15, 0.2) is 40.9 Å². The topological polar surface area (TPSA) is 80.8 Å². The Morgan fingerprint density at radius 2 is 2.00 bits per heavy atom. The first-order valence-corrected chi connectivity index (χ1v) is 12.1. The lowest BCUT2D eigenvalue weighted by Gasteiger charge is -2.31. The van der Waals surface area contributed by atoms with E-state index in [4.69, 9.17) is 14.5 Å². The first-order valence-electron chi connectivity index (χ1n) is 10.5. The molecule has 0 atom stereocenters.